The summed E-state index contributed by atoms with van der Waals surface area (Å²) in [6.07, 6.45) is 2.01. The van der Waals surface area contributed by atoms with Crippen LogP contribution in [0.15, 0.2) is 29.2 Å². The fourth-order valence-electron chi connectivity index (χ4n) is 1.20. The Morgan fingerprint density at radius 2 is 2.25 bits per heavy atom. The van der Waals surface area contributed by atoms with Gasteiger partial charge in [0.2, 0.25) is 0 Å². The van der Waals surface area contributed by atoms with E-state index < -0.39 is 0 Å². The van der Waals surface area contributed by atoms with Gasteiger partial charge in [0.1, 0.15) is 23.1 Å². The van der Waals surface area contributed by atoms with E-state index in [0.717, 1.165) is 10.6 Å². The van der Waals surface area contributed by atoms with E-state index in [-0.39, 0.29) is 0 Å². The molecule has 0 spiro atoms. The monoisotopic (exact) mass is 253 g/mol. The van der Waals surface area contributed by atoms with Crippen LogP contribution in [0, 0.1) is 0 Å². The molecule has 1 aromatic heterocycles. The standard InChI is InChI=1S/C10H11N3OS2/c1-15-9-5-3-2-4-8(9)14-6-7-10(11)16-13-12-7/h2-5H,6,11H2,1H3. The van der Waals surface area contributed by atoms with Crippen molar-refractivity contribution in [3.63, 3.8) is 0 Å². The number of hydrogen-bond acceptors (Lipinski definition) is 6. The molecule has 0 amide bonds. The van der Waals surface area contributed by atoms with Crippen molar-refractivity contribution < 1.29 is 4.74 Å². The molecule has 0 aliphatic rings. The first-order valence-corrected chi connectivity index (χ1v) is 6.63. The highest BCUT2D eigenvalue weighted by Crippen LogP contribution is 2.28. The Morgan fingerprint density at radius 3 is 2.94 bits per heavy atom. The van der Waals surface area contributed by atoms with Gasteiger partial charge in [-0.2, -0.15) is 0 Å². The van der Waals surface area contributed by atoms with E-state index in [1.165, 1.54) is 11.5 Å². The number of rotatable bonds is 4. The predicted octanol–water partition coefficient (Wildman–Crippen LogP) is 2.42. The quantitative estimate of drug-likeness (QED) is 0.848. The molecule has 84 valence electrons. The number of nitrogen functional groups attached to an aromatic ring is 1. The molecule has 1 aromatic carbocycles. The lowest BCUT2D eigenvalue weighted by Gasteiger charge is -2.08. The average Bonchev–Trinajstić information content (AvgIpc) is 2.72. The number of nitrogens with two attached hydrogens (primary N) is 1. The molecular weight excluding hydrogens is 242 g/mol. The van der Waals surface area contributed by atoms with Crippen LogP contribution in [0.3, 0.4) is 0 Å². The fourth-order valence-corrected chi connectivity index (χ4v) is 2.18. The largest absolute Gasteiger partial charge is 0.486 e. The minimum absolute atomic E-state index is 0.361. The molecule has 2 rings (SSSR count). The molecule has 16 heavy (non-hydrogen) atoms. The second-order valence-electron chi connectivity index (χ2n) is 3.02. The third kappa shape index (κ3) is 2.45. The highest BCUT2D eigenvalue weighted by molar-refractivity contribution is 7.98. The lowest BCUT2D eigenvalue weighted by Crippen LogP contribution is -1.99. The number of anilines is 1. The van der Waals surface area contributed by atoms with Gasteiger partial charge in [-0.1, -0.05) is 16.6 Å². The van der Waals surface area contributed by atoms with Crippen molar-refractivity contribution in [1.82, 2.24) is 9.59 Å². The summed E-state index contributed by atoms with van der Waals surface area (Å²) in [5.41, 5.74) is 6.38. The van der Waals surface area contributed by atoms with Crippen molar-refractivity contribution in [2.45, 2.75) is 11.5 Å². The van der Waals surface area contributed by atoms with Crippen LogP contribution in [0.4, 0.5) is 5.00 Å². The maximum absolute atomic E-state index is 5.68. The smallest absolute Gasteiger partial charge is 0.136 e. The Balaban J connectivity index is 2.07. The molecule has 4 nitrogen and oxygen atoms in total. The van der Waals surface area contributed by atoms with Gasteiger partial charge in [-0.05, 0) is 18.4 Å². The predicted molar refractivity (Wildman–Crippen MR) is 66.9 cm³/mol. The van der Waals surface area contributed by atoms with Gasteiger partial charge >= 0.3 is 0 Å². The first kappa shape index (κ1) is 11.2. The highest BCUT2D eigenvalue weighted by atomic mass is 32.2. The van der Waals surface area contributed by atoms with Crippen molar-refractivity contribution >= 4 is 28.3 Å². The number of ether oxygens (including phenoxy) is 1. The zero-order valence-corrected chi connectivity index (χ0v) is 10.3. The van der Waals surface area contributed by atoms with Crippen molar-refractivity contribution in [3.05, 3.63) is 30.0 Å². The van der Waals surface area contributed by atoms with Crippen molar-refractivity contribution in [1.29, 1.82) is 0 Å². The van der Waals surface area contributed by atoms with E-state index in [0.29, 0.717) is 17.3 Å². The summed E-state index contributed by atoms with van der Waals surface area (Å²) >= 11 is 2.83. The first-order valence-electron chi connectivity index (χ1n) is 4.64. The number of hydrogen-bond donors (Lipinski definition) is 1. The van der Waals surface area contributed by atoms with Gasteiger partial charge in [-0.3, -0.25) is 0 Å². The third-order valence-electron chi connectivity index (χ3n) is 2.02. The summed E-state index contributed by atoms with van der Waals surface area (Å²) in [4.78, 5) is 1.10. The summed E-state index contributed by atoms with van der Waals surface area (Å²) in [6, 6.07) is 7.87. The Morgan fingerprint density at radius 1 is 1.44 bits per heavy atom. The number of para-hydroxylation sites is 1. The number of thioether (sulfide) groups is 1. The second-order valence-corrected chi connectivity index (χ2v) is 4.66. The van der Waals surface area contributed by atoms with Crippen LogP contribution >= 0.6 is 23.3 Å². The van der Waals surface area contributed by atoms with E-state index in [2.05, 4.69) is 9.59 Å². The van der Waals surface area contributed by atoms with Gasteiger partial charge in [0, 0.05) is 16.4 Å². The van der Waals surface area contributed by atoms with Crippen molar-refractivity contribution in [2.75, 3.05) is 12.0 Å². The van der Waals surface area contributed by atoms with E-state index in [1.54, 1.807) is 11.8 Å². The summed E-state index contributed by atoms with van der Waals surface area (Å²) in [7, 11) is 0. The second kappa shape index (κ2) is 5.18. The topological polar surface area (TPSA) is 61.0 Å². The van der Waals surface area contributed by atoms with Crippen LogP contribution in [0.2, 0.25) is 0 Å². The molecule has 0 saturated carbocycles. The van der Waals surface area contributed by atoms with E-state index in [1.807, 2.05) is 30.5 Å². The van der Waals surface area contributed by atoms with Crippen molar-refractivity contribution in [3.8, 4) is 5.75 Å². The lowest BCUT2D eigenvalue weighted by molar-refractivity contribution is 0.294. The van der Waals surface area contributed by atoms with E-state index >= 15 is 0 Å². The molecule has 0 bridgehead atoms. The fraction of sp³-hybridized carbons (Fsp3) is 0.200. The Hall–Kier alpha value is -1.27. The van der Waals surface area contributed by atoms with Crippen LogP contribution in [0.25, 0.3) is 0 Å². The summed E-state index contributed by atoms with van der Waals surface area (Å²) < 4.78 is 9.41. The van der Waals surface area contributed by atoms with Gasteiger partial charge in [-0.15, -0.1) is 16.9 Å². The lowest BCUT2D eigenvalue weighted by atomic mass is 10.3. The zero-order chi connectivity index (χ0) is 11.4. The van der Waals surface area contributed by atoms with Crippen LogP contribution in [-0.2, 0) is 6.61 Å². The molecule has 0 radical (unpaired) electrons. The summed E-state index contributed by atoms with van der Waals surface area (Å²) in [5.74, 6) is 0.849. The molecule has 2 N–H and O–H groups in total. The summed E-state index contributed by atoms with van der Waals surface area (Å²) in [5, 5.41) is 4.51. The molecule has 0 aliphatic heterocycles. The molecule has 6 heteroatoms. The molecule has 0 fully saturated rings. The van der Waals surface area contributed by atoms with Gasteiger partial charge in [0.05, 0.1) is 0 Å². The minimum Gasteiger partial charge on any atom is -0.486 e. The minimum atomic E-state index is 0.361. The van der Waals surface area contributed by atoms with Gasteiger partial charge < -0.3 is 10.5 Å². The average molecular weight is 253 g/mol. The number of nitrogens with zero attached hydrogens (tertiary/aromatic N) is 2. The van der Waals surface area contributed by atoms with E-state index in [9.17, 15) is 0 Å². The Bertz CT molecular complexity index is 473. The number of benzene rings is 1. The van der Waals surface area contributed by atoms with Gasteiger partial charge in [0.15, 0.2) is 0 Å². The van der Waals surface area contributed by atoms with Gasteiger partial charge in [0.25, 0.3) is 0 Å². The maximum Gasteiger partial charge on any atom is 0.136 e. The normalized spacial score (nSPS) is 10.3. The molecule has 0 aliphatic carbocycles. The van der Waals surface area contributed by atoms with Crippen molar-refractivity contribution in [2.24, 2.45) is 0 Å². The number of aromatic nitrogens is 2. The molecule has 0 atom stereocenters. The SMILES string of the molecule is CSc1ccccc1OCc1nnsc1N. The Labute approximate surface area is 102 Å². The van der Waals surface area contributed by atoms with Crippen LogP contribution in [0.5, 0.6) is 5.75 Å². The maximum atomic E-state index is 5.68. The highest BCUT2D eigenvalue weighted by Gasteiger charge is 2.06. The molecular formula is C10H11N3OS2. The summed E-state index contributed by atoms with van der Waals surface area (Å²) in [6.45, 7) is 0.361. The van der Waals surface area contributed by atoms with Crippen LogP contribution in [-0.4, -0.2) is 15.8 Å². The molecule has 0 unspecified atom stereocenters. The third-order valence-corrected chi connectivity index (χ3v) is 3.39. The molecule has 1 heterocycles. The Kier molecular flexibility index (Phi) is 3.63. The van der Waals surface area contributed by atoms with Crippen LogP contribution in [0.1, 0.15) is 5.69 Å². The van der Waals surface area contributed by atoms with Gasteiger partial charge in [-0.25, -0.2) is 0 Å². The zero-order valence-electron chi connectivity index (χ0n) is 8.71. The first-order chi connectivity index (χ1) is 7.81. The molecule has 2 aromatic rings. The van der Waals surface area contributed by atoms with Crippen LogP contribution < -0.4 is 10.5 Å². The van der Waals surface area contributed by atoms with E-state index in [4.69, 9.17) is 10.5 Å². The molecule has 0 saturated heterocycles.